The lowest BCUT2D eigenvalue weighted by molar-refractivity contribution is -0.685. The van der Waals surface area contributed by atoms with Crippen LogP contribution in [0.4, 0.5) is 0 Å². The van der Waals surface area contributed by atoms with Crippen molar-refractivity contribution in [1.29, 1.82) is 0 Å². The first kappa shape index (κ1) is 18.0. The van der Waals surface area contributed by atoms with Gasteiger partial charge in [-0.25, -0.2) is 13.9 Å². The van der Waals surface area contributed by atoms with E-state index in [-0.39, 0.29) is 12.1 Å². The lowest BCUT2D eigenvalue weighted by atomic mass is 9.75. The van der Waals surface area contributed by atoms with E-state index in [9.17, 15) is 4.79 Å². The lowest BCUT2D eigenvalue weighted by Gasteiger charge is -2.36. The number of carbonyl (C=O) groups is 1. The van der Waals surface area contributed by atoms with Crippen molar-refractivity contribution in [3.05, 3.63) is 18.7 Å². The molecule has 0 saturated heterocycles. The van der Waals surface area contributed by atoms with Gasteiger partial charge in [-0.1, -0.05) is 40.5 Å². The summed E-state index contributed by atoms with van der Waals surface area (Å²) in [6.45, 7) is 10.3. The summed E-state index contributed by atoms with van der Waals surface area (Å²) in [5.41, 5.74) is 0. The van der Waals surface area contributed by atoms with Crippen LogP contribution in [0.2, 0.25) is 0 Å². The normalized spacial score (nSPS) is 24.8. The monoisotopic (exact) mass is 321 g/mol. The highest BCUT2D eigenvalue weighted by molar-refractivity contribution is 5.67. The van der Waals surface area contributed by atoms with E-state index in [1.54, 1.807) is 0 Å². The fourth-order valence-corrected chi connectivity index (χ4v) is 3.61. The second kappa shape index (κ2) is 8.51. The van der Waals surface area contributed by atoms with Crippen LogP contribution in [0.15, 0.2) is 18.7 Å². The highest BCUT2D eigenvalue weighted by atomic mass is 16.5. The van der Waals surface area contributed by atoms with Gasteiger partial charge in [-0.05, 0) is 37.0 Å². The minimum Gasteiger partial charge on any atom is -0.459 e. The van der Waals surface area contributed by atoms with Crippen LogP contribution in [-0.2, 0) is 22.6 Å². The van der Waals surface area contributed by atoms with Crippen molar-refractivity contribution in [1.82, 2.24) is 4.57 Å². The third-order valence-electron chi connectivity index (χ3n) is 5.07. The number of unbranched alkanes of at least 4 members (excludes halogenated alkanes) is 1. The van der Waals surface area contributed by atoms with Crippen molar-refractivity contribution in [3.8, 4) is 0 Å². The van der Waals surface area contributed by atoms with Gasteiger partial charge in [0.25, 0.3) is 0 Å². The number of hydrogen-bond acceptors (Lipinski definition) is 2. The lowest BCUT2D eigenvalue weighted by Crippen LogP contribution is -2.41. The quantitative estimate of drug-likeness (QED) is 0.568. The second-order valence-corrected chi connectivity index (χ2v) is 7.53. The van der Waals surface area contributed by atoms with Gasteiger partial charge in [0.2, 0.25) is 6.33 Å². The molecule has 4 nitrogen and oxygen atoms in total. The maximum absolute atomic E-state index is 12.3. The molecule has 23 heavy (non-hydrogen) atoms. The molecular weight excluding hydrogens is 288 g/mol. The Hall–Kier alpha value is -1.32. The number of ether oxygens (including phenoxy) is 1. The minimum atomic E-state index is -0.104. The zero-order chi connectivity index (χ0) is 16.8. The molecule has 4 heteroatoms. The summed E-state index contributed by atoms with van der Waals surface area (Å²) in [6, 6.07) is 0. The maximum atomic E-state index is 12.3. The van der Waals surface area contributed by atoms with Gasteiger partial charge in [0.15, 0.2) is 6.54 Å². The van der Waals surface area contributed by atoms with Crippen molar-refractivity contribution in [2.45, 2.75) is 79.0 Å². The van der Waals surface area contributed by atoms with E-state index in [0.717, 1.165) is 19.4 Å². The van der Waals surface area contributed by atoms with Crippen LogP contribution < -0.4 is 4.57 Å². The number of aryl methyl sites for hydroxylation is 1. The fraction of sp³-hybridized carbons (Fsp3) is 0.789. The summed E-state index contributed by atoms with van der Waals surface area (Å²) in [4.78, 5) is 12.3. The van der Waals surface area contributed by atoms with E-state index in [1.165, 1.54) is 19.3 Å². The molecule has 0 radical (unpaired) electrons. The third-order valence-corrected chi connectivity index (χ3v) is 5.07. The van der Waals surface area contributed by atoms with E-state index >= 15 is 0 Å². The predicted octanol–water partition coefficient (Wildman–Crippen LogP) is 3.58. The SMILES string of the molecule is CCCCn1cc[n+](CC(=O)O[C@@H]2C[C@H](C)CC[C@H]2C(C)C)c1. The first-order valence-corrected chi connectivity index (χ1v) is 9.23. The molecule has 0 aromatic carbocycles. The van der Waals surface area contributed by atoms with Crippen LogP contribution in [0.3, 0.4) is 0 Å². The zero-order valence-electron chi connectivity index (χ0n) is 15.2. The Morgan fingerprint density at radius 3 is 2.87 bits per heavy atom. The molecule has 0 spiro atoms. The Kier molecular flexibility index (Phi) is 6.67. The molecule has 0 aliphatic heterocycles. The van der Waals surface area contributed by atoms with Crippen molar-refractivity contribution in [3.63, 3.8) is 0 Å². The van der Waals surface area contributed by atoms with Gasteiger partial charge in [0, 0.05) is 0 Å². The van der Waals surface area contributed by atoms with E-state index in [1.807, 2.05) is 23.3 Å². The molecule has 1 aliphatic carbocycles. The number of esters is 1. The van der Waals surface area contributed by atoms with Gasteiger partial charge in [0.05, 0.1) is 6.54 Å². The molecule has 0 amide bonds. The number of rotatable bonds is 7. The van der Waals surface area contributed by atoms with Crippen LogP contribution in [0.25, 0.3) is 0 Å². The van der Waals surface area contributed by atoms with Gasteiger partial charge in [-0.2, -0.15) is 0 Å². The second-order valence-electron chi connectivity index (χ2n) is 7.53. The number of imidazole rings is 1. The number of carbonyl (C=O) groups excluding carboxylic acids is 1. The first-order valence-electron chi connectivity index (χ1n) is 9.23. The van der Waals surface area contributed by atoms with E-state index < -0.39 is 0 Å². The molecule has 0 unspecified atom stereocenters. The largest absolute Gasteiger partial charge is 0.459 e. The molecule has 1 aromatic rings. The van der Waals surface area contributed by atoms with Gasteiger partial charge in [0.1, 0.15) is 18.5 Å². The highest BCUT2D eigenvalue weighted by Gasteiger charge is 2.33. The van der Waals surface area contributed by atoms with Crippen LogP contribution in [0, 0.1) is 17.8 Å². The van der Waals surface area contributed by atoms with E-state index in [4.69, 9.17) is 4.74 Å². The van der Waals surface area contributed by atoms with Gasteiger partial charge in [-0.3, -0.25) is 0 Å². The van der Waals surface area contributed by atoms with Crippen molar-refractivity contribution < 1.29 is 14.1 Å². The van der Waals surface area contributed by atoms with E-state index in [0.29, 0.717) is 24.3 Å². The van der Waals surface area contributed by atoms with E-state index in [2.05, 4.69) is 32.3 Å². The molecule has 1 aliphatic rings. The summed E-state index contributed by atoms with van der Waals surface area (Å²) >= 11 is 0. The third kappa shape index (κ3) is 5.36. The Balaban J connectivity index is 1.88. The molecule has 2 rings (SSSR count). The summed E-state index contributed by atoms with van der Waals surface area (Å²) < 4.78 is 9.92. The molecule has 1 aromatic heterocycles. The molecule has 1 fully saturated rings. The van der Waals surface area contributed by atoms with Crippen LogP contribution in [0.1, 0.15) is 59.8 Å². The Bertz CT molecular complexity index is 495. The number of hydrogen-bond donors (Lipinski definition) is 0. The number of aromatic nitrogens is 2. The highest BCUT2D eigenvalue weighted by Crippen LogP contribution is 2.35. The average Bonchev–Trinajstić information content (AvgIpc) is 2.92. The van der Waals surface area contributed by atoms with Gasteiger partial charge >= 0.3 is 5.97 Å². The molecular formula is C19H33N2O2+. The first-order chi connectivity index (χ1) is 11.0. The summed E-state index contributed by atoms with van der Waals surface area (Å²) in [5.74, 6) is 1.64. The predicted molar refractivity (Wildman–Crippen MR) is 90.8 cm³/mol. The van der Waals surface area contributed by atoms with Gasteiger partial charge < -0.3 is 4.74 Å². The van der Waals surface area contributed by atoms with Crippen LogP contribution in [-0.4, -0.2) is 16.6 Å². The molecule has 1 heterocycles. The molecule has 130 valence electrons. The number of nitrogens with zero attached hydrogens (tertiary/aromatic N) is 2. The molecule has 0 N–H and O–H groups in total. The molecule has 1 saturated carbocycles. The van der Waals surface area contributed by atoms with Crippen LogP contribution in [0.5, 0.6) is 0 Å². The Morgan fingerprint density at radius 1 is 1.39 bits per heavy atom. The minimum absolute atomic E-state index is 0.0917. The Morgan fingerprint density at radius 2 is 2.17 bits per heavy atom. The summed E-state index contributed by atoms with van der Waals surface area (Å²) in [7, 11) is 0. The van der Waals surface area contributed by atoms with Crippen molar-refractivity contribution >= 4 is 5.97 Å². The zero-order valence-corrected chi connectivity index (χ0v) is 15.2. The average molecular weight is 321 g/mol. The maximum Gasteiger partial charge on any atom is 0.348 e. The van der Waals surface area contributed by atoms with Gasteiger partial charge in [-0.15, -0.1) is 0 Å². The summed E-state index contributed by atoms with van der Waals surface area (Å²) in [6.07, 6.45) is 11.9. The smallest absolute Gasteiger partial charge is 0.348 e. The van der Waals surface area contributed by atoms with Crippen LogP contribution >= 0.6 is 0 Å². The van der Waals surface area contributed by atoms with Crippen molar-refractivity contribution in [2.24, 2.45) is 17.8 Å². The van der Waals surface area contributed by atoms with Crippen molar-refractivity contribution in [2.75, 3.05) is 0 Å². The molecule has 3 atom stereocenters. The fourth-order valence-electron chi connectivity index (χ4n) is 3.61. The Labute approximate surface area is 140 Å². The molecule has 0 bridgehead atoms. The topological polar surface area (TPSA) is 35.1 Å². The summed E-state index contributed by atoms with van der Waals surface area (Å²) in [5, 5.41) is 0. The standard InChI is InChI=1S/C19H33N2O2/c1-5-6-9-20-10-11-21(14-20)13-19(22)23-18-12-16(4)7-8-17(18)15(2)3/h10-11,14-18H,5-9,12-13H2,1-4H3/q+1/t16-,17+,18-/m1/s1.